The minimum atomic E-state index is -1.06. The van der Waals surface area contributed by atoms with Gasteiger partial charge in [-0.1, -0.05) is 48.6 Å². The number of aliphatic carboxylic acids is 1. The molecule has 40 heavy (non-hydrogen) atoms. The zero-order chi connectivity index (χ0) is 28.6. The summed E-state index contributed by atoms with van der Waals surface area (Å²) in [6.45, 7) is 7.36. The standard InChI is InChI=1S/C31H34N2O5S.Li.H/c1-20-9-6-7-11-23(20)25-19-21(13-15-24(25)28(34)33-26(29(35)36)16-18-39-5)12-14-22-10-8-17-32-27(22)30(37)38-31(2,3)4;;/h6-15,17,19,26H,16,18H2,1-5H3,(H,33,34)(H,35,36);;. The molecule has 0 saturated heterocycles. The van der Waals surface area contributed by atoms with Gasteiger partial charge < -0.3 is 15.2 Å². The molecule has 1 amide bonds. The van der Waals surface area contributed by atoms with Gasteiger partial charge in [0.2, 0.25) is 0 Å². The first-order chi connectivity index (χ1) is 18.5. The Bertz CT molecular complexity index is 1380. The predicted octanol–water partition coefficient (Wildman–Crippen LogP) is 5.47. The summed E-state index contributed by atoms with van der Waals surface area (Å²) in [6.07, 6.45) is 7.39. The topological polar surface area (TPSA) is 106 Å². The van der Waals surface area contributed by atoms with Crippen LogP contribution in [0.2, 0.25) is 0 Å². The second kappa shape index (κ2) is 14.9. The van der Waals surface area contributed by atoms with Crippen molar-refractivity contribution in [2.24, 2.45) is 0 Å². The van der Waals surface area contributed by atoms with E-state index in [1.165, 1.54) is 11.8 Å². The molecule has 0 saturated carbocycles. The first kappa shape index (κ1) is 32.9. The number of aromatic nitrogens is 1. The van der Waals surface area contributed by atoms with Gasteiger partial charge >= 0.3 is 30.8 Å². The molecule has 0 radical (unpaired) electrons. The van der Waals surface area contributed by atoms with Crippen LogP contribution in [0.25, 0.3) is 23.3 Å². The second-order valence-corrected chi connectivity index (χ2v) is 11.0. The fraction of sp³-hybridized carbons (Fsp3) is 0.290. The molecule has 7 nitrogen and oxygen atoms in total. The van der Waals surface area contributed by atoms with E-state index in [9.17, 15) is 19.5 Å². The molecule has 0 aliphatic carbocycles. The molecule has 2 aromatic carbocycles. The van der Waals surface area contributed by atoms with E-state index in [-0.39, 0.29) is 24.6 Å². The Labute approximate surface area is 252 Å². The van der Waals surface area contributed by atoms with Crippen LogP contribution in [0.5, 0.6) is 0 Å². The average Bonchev–Trinajstić information content (AvgIpc) is 2.89. The fourth-order valence-corrected chi connectivity index (χ4v) is 4.40. The van der Waals surface area contributed by atoms with Gasteiger partial charge in [-0.15, -0.1) is 0 Å². The number of pyridine rings is 1. The Hall–Kier alpha value is -3.31. The number of hydrogen-bond acceptors (Lipinski definition) is 6. The summed E-state index contributed by atoms with van der Waals surface area (Å²) in [5, 5.41) is 12.3. The number of amides is 1. The van der Waals surface area contributed by atoms with Gasteiger partial charge in [0.15, 0.2) is 5.69 Å². The number of nitrogens with zero attached hydrogens (tertiary/aromatic N) is 1. The number of benzene rings is 2. The zero-order valence-corrected chi connectivity index (χ0v) is 23.7. The van der Waals surface area contributed by atoms with E-state index in [1.807, 2.05) is 49.6 Å². The third kappa shape index (κ3) is 9.12. The molecule has 1 heterocycles. The molecule has 1 atom stereocenters. The fourth-order valence-electron chi connectivity index (χ4n) is 3.93. The summed E-state index contributed by atoms with van der Waals surface area (Å²) in [7, 11) is 0. The molecule has 3 rings (SSSR count). The molecular formula is C31H35LiN2O5S. The van der Waals surface area contributed by atoms with Crippen LogP contribution < -0.4 is 5.32 Å². The average molecular weight is 555 g/mol. The number of ether oxygens (including phenoxy) is 1. The first-order valence-corrected chi connectivity index (χ1v) is 14.0. The van der Waals surface area contributed by atoms with Crippen LogP contribution in [0.1, 0.15) is 64.7 Å². The van der Waals surface area contributed by atoms with Gasteiger partial charge in [-0.3, -0.25) is 4.79 Å². The number of carbonyl (C=O) groups is 3. The number of aryl methyl sites for hydroxylation is 1. The van der Waals surface area contributed by atoms with E-state index in [0.717, 1.165) is 16.7 Å². The van der Waals surface area contributed by atoms with Crippen LogP contribution in [0.3, 0.4) is 0 Å². The number of thioether (sulfide) groups is 1. The summed E-state index contributed by atoms with van der Waals surface area (Å²) in [6, 6.07) is 15.6. The van der Waals surface area contributed by atoms with Gasteiger partial charge in [0, 0.05) is 17.3 Å². The van der Waals surface area contributed by atoms with Gasteiger partial charge in [0.05, 0.1) is 0 Å². The van der Waals surface area contributed by atoms with E-state index in [4.69, 9.17) is 4.74 Å². The first-order valence-electron chi connectivity index (χ1n) is 12.6. The second-order valence-electron chi connectivity index (χ2n) is 10.0. The number of carboxylic acid groups (broad SMARTS) is 1. The summed E-state index contributed by atoms with van der Waals surface area (Å²) in [5.41, 5.74) is 3.86. The Balaban J connectivity index is 0.00000560. The van der Waals surface area contributed by atoms with Crippen LogP contribution in [-0.2, 0) is 9.53 Å². The van der Waals surface area contributed by atoms with Gasteiger partial charge in [0.1, 0.15) is 11.6 Å². The van der Waals surface area contributed by atoms with Crippen molar-refractivity contribution in [3.63, 3.8) is 0 Å². The van der Waals surface area contributed by atoms with Crippen LogP contribution in [0, 0.1) is 6.92 Å². The molecule has 0 fully saturated rings. The van der Waals surface area contributed by atoms with Crippen LogP contribution >= 0.6 is 11.8 Å². The summed E-state index contributed by atoms with van der Waals surface area (Å²) in [4.78, 5) is 41.9. The normalized spacial score (nSPS) is 11.9. The van der Waals surface area contributed by atoms with Crippen molar-refractivity contribution in [3.8, 4) is 11.1 Å². The van der Waals surface area contributed by atoms with Crippen molar-refractivity contribution >= 4 is 60.6 Å². The minimum absolute atomic E-state index is 0. The number of carbonyl (C=O) groups excluding carboxylic acids is 2. The number of esters is 1. The quantitative estimate of drug-likeness (QED) is 0.253. The molecular weight excluding hydrogens is 519 g/mol. The van der Waals surface area contributed by atoms with Gasteiger partial charge in [-0.05, 0) is 86.6 Å². The molecule has 0 bridgehead atoms. The number of hydrogen-bond donors (Lipinski definition) is 2. The maximum atomic E-state index is 13.3. The zero-order valence-electron chi connectivity index (χ0n) is 22.9. The van der Waals surface area contributed by atoms with Crippen molar-refractivity contribution in [1.29, 1.82) is 0 Å². The van der Waals surface area contributed by atoms with Crippen LogP contribution in [0.4, 0.5) is 0 Å². The molecule has 2 N–H and O–H groups in total. The van der Waals surface area contributed by atoms with Crippen molar-refractivity contribution in [1.82, 2.24) is 10.3 Å². The number of rotatable bonds is 10. The Morgan fingerprint density at radius 3 is 2.42 bits per heavy atom. The molecule has 9 heteroatoms. The Morgan fingerprint density at radius 2 is 1.77 bits per heavy atom. The van der Waals surface area contributed by atoms with Gasteiger partial charge in [-0.2, -0.15) is 11.8 Å². The molecule has 1 aromatic heterocycles. The van der Waals surface area contributed by atoms with Crippen LogP contribution in [-0.4, -0.2) is 70.4 Å². The van der Waals surface area contributed by atoms with E-state index in [2.05, 4.69) is 10.3 Å². The Kier molecular flexibility index (Phi) is 12.3. The number of nitrogens with one attached hydrogen (secondary N) is 1. The molecule has 0 spiro atoms. The molecule has 3 aromatic rings. The summed E-state index contributed by atoms with van der Waals surface area (Å²) >= 11 is 1.53. The number of carboxylic acids is 1. The molecule has 0 aliphatic rings. The SMILES string of the molecule is CSCCC(NC(=O)c1ccc(C=Cc2cccnc2C(=O)OC(C)(C)C)cc1-c1ccccc1C)C(=O)O.[LiH]. The van der Waals surface area contributed by atoms with E-state index in [0.29, 0.717) is 28.9 Å². The van der Waals surface area contributed by atoms with Gasteiger partial charge in [0.25, 0.3) is 5.91 Å². The van der Waals surface area contributed by atoms with Crippen molar-refractivity contribution < 1.29 is 24.2 Å². The molecule has 206 valence electrons. The monoisotopic (exact) mass is 554 g/mol. The maximum absolute atomic E-state index is 13.3. The van der Waals surface area contributed by atoms with Crippen molar-refractivity contribution in [3.05, 3.63) is 88.7 Å². The van der Waals surface area contributed by atoms with Gasteiger partial charge in [-0.25, -0.2) is 14.6 Å². The van der Waals surface area contributed by atoms with Crippen molar-refractivity contribution in [2.45, 2.75) is 45.8 Å². The predicted molar refractivity (Wildman–Crippen MR) is 164 cm³/mol. The van der Waals surface area contributed by atoms with E-state index < -0.39 is 29.5 Å². The summed E-state index contributed by atoms with van der Waals surface area (Å²) < 4.78 is 5.50. The van der Waals surface area contributed by atoms with Crippen LogP contribution in [0.15, 0.2) is 60.8 Å². The third-order valence-electron chi connectivity index (χ3n) is 5.82. The van der Waals surface area contributed by atoms with E-state index in [1.54, 1.807) is 57.3 Å². The van der Waals surface area contributed by atoms with E-state index >= 15 is 0 Å². The molecule has 1 unspecified atom stereocenters. The Morgan fingerprint density at radius 1 is 1.05 bits per heavy atom. The summed E-state index contributed by atoms with van der Waals surface area (Å²) in [5.74, 6) is -1.40. The third-order valence-corrected chi connectivity index (χ3v) is 6.47. The molecule has 0 aliphatic heterocycles. The van der Waals surface area contributed by atoms with Crippen molar-refractivity contribution in [2.75, 3.05) is 12.0 Å².